The number of rotatable bonds is 6. The maximum atomic E-state index is 11.9. The summed E-state index contributed by atoms with van der Waals surface area (Å²) in [5.74, 6) is -2.32. The number of ether oxygens (including phenoxy) is 1. The highest BCUT2D eigenvalue weighted by molar-refractivity contribution is 7.16. The fourth-order valence-electron chi connectivity index (χ4n) is 2.04. The molecule has 1 aromatic heterocycles. The van der Waals surface area contributed by atoms with Crippen molar-refractivity contribution in [3.8, 4) is 6.07 Å². The predicted octanol–water partition coefficient (Wildman–Crippen LogP) is 1.26. The number of hydrogen-bond acceptors (Lipinski definition) is 8. The molecule has 1 atom stereocenters. The first-order valence-electron chi connectivity index (χ1n) is 7.28. The van der Waals surface area contributed by atoms with Crippen LogP contribution in [0.25, 0.3) is 5.57 Å². The van der Waals surface area contributed by atoms with Crippen molar-refractivity contribution in [2.45, 2.75) is 12.5 Å². The van der Waals surface area contributed by atoms with E-state index in [0.717, 1.165) is 23.0 Å². The van der Waals surface area contributed by atoms with E-state index in [-0.39, 0.29) is 11.2 Å². The lowest BCUT2D eigenvalue weighted by Crippen LogP contribution is -2.22. The van der Waals surface area contributed by atoms with E-state index in [1.807, 2.05) is 18.2 Å². The van der Waals surface area contributed by atoms with Crippen LogP contribution < -0.4 is 11.1 Å². The Balaban J connectivity index is 2.18. The van der Waals surface area contributed by atoms with Gasteiger partial charge in [-0.15, -0.1) is 0 Å². The van der Waals surface area contributed by atoms with Gasteiger partial charge in [0.1, 0.15) is 28.0 Å². The Bertz CT molecular complexity index is 891. The van der Waals surface area contributed by atoms with Crippen LogP contribution in [-0.2, 0) is 14.3 Å². The zero-order valence-electron chi connectivity index (χ0n) is 13.6. The van der Waals surface area contributed by atoms with Crippen molar-refractivity contribution >= 4 is 39.6 Å². The average Bonchev–Trinajstić information content (AvgIpc) is 3.04. The molecule has 0 bridgehead atoms. The number of aromatic nitrogens is 1. The summed E-state index contributed by atoms with van der Waals surface area (Å²) in [6, 6.07) is 2.02. The fraction of sp³-hybridized carbons (Fsp3) is 0.188. The van der Waals surface area contributed by atoms with Gasteiger partial charge in [-0.1, -0.05) is 29.6 Å². The van der Waals surface area contributed by atoms with E-state index in [4.69, 9.17) is 21.0 Å². The first kappa shape index (κ1) is 19.0. The number of amides is 1. The van der Waals surface area contributed by atoms with Crippen molar-refractivity contribution in [3.05, 3.63) is 40.6 Å². The van der Waals surface area contributed by atoms with E-state index in [2.05, 4.69) is 10.3 Å². The maximum absolute atomic E-state index is 11.9. The fourth-order valence-corrected chi connectivity index (χ4v) is 2.82. The number of nitriles is 1. The second kappa shape index (κ2) is 8.19. The Morgan fingerprint density at radius 2 is 2.35 bits per heavy atom. The summed E-state index contributed by atoms with van der Waals surface area (Å²) in [4.78, 5) is 27.1. The van der Waals surface area contributed by atoms with E-state index < -0.39 is 23.3 Å². The number of methoxy groups -OCH3 is 1. The van der Waals surface area contributed by atoms with Crippen molar-refractivity contribution in [3.63, 3.8) is 0 Å². The van der Waals surface area contributed by atoms with E-state index in [0.29, 0.717) is 17.0 Å². The highest BCUT2D eigenvalue weighted by Gasteiger charge is 2.19. The predicted molar refractivity (Wildman–Crippen MR) is 95.6 cm³/mol. The van der Waals surface area contributed by atoms with Gasteiger partial charge in [-0.2, -0.15) is 5.26 Å². The minimum atomic E-state index is -1.43. The number of aliphatic carboxylic acids is 1. The van der Waals surface area contributed by atoms with Crippen LogP contribution in [0.15, 0.2) is 30.0 Å². The molecule has 0 fully saturated rings. The topological polar surface area (TPSA) is 162 Å². The largest absolute Gasteiger partial charge is 0.477 e. The Labute approximate surface area is 152 Å². The molecule has 0 aliphatic heterocycles. The number of nitrogens with one attached hydrogen (secondary N) is 2. The SMILES string of the molecule is COC1C=CC(c2nc(NC(=O)C(=N)/C=C(\N)C(=O)O)sc2C#N)=CC1. The van der Waals surface area contributed by atoms with Crippen LogP contribution in [0.2, 0.25) is 0 Å². The van der Waals surface area contributed by atoms with Crippen LogP contribution in [0.4, 0.5) is 5.13 Å². The molecule has 1 amide bonds. The number of carbonyl (C=O) groups excluding carboxylic acids is 1. The Morgan fingerprint density at radius 1 is 1.62 bits per heavy atom. The molecular weight excluding hydrogens is 358 g/mol. The number of hydrogen-bond donors (Lipinski definition) is 4. The Kier molecular flexibility index (Phi) is 6.00. The van der Waals surface area contributed by atoms with Crippen molar-refractivity contribution in [2.24, 2.45) is 5.73 Å². The molecule has 2 rings (SSSR count). The van der Waals surface area contributed by atoms with Crippen LogP contribution in [0.3, 0.4) is 0 Å². The van der Waals surface area contributed by atoms with Gasteiger partial charge in [-0.05, 0) is 18.1 Å². The van der Waals surface area contributed by atoms with Crippen LogP contribution in [0, 0.1) is 16.7 Å². The van der Waals surface area contributed by atoms with Gasteiger partial charge in [0.15, 0.2) is 5.13 Å². The van der Waals surface area contributed by atoms with Gasteiger partial charge in [-0.3, -0.25) is 15.5 Å². The molecule has 5 N–H and O–H groups in total. The lowest BCUT2D eigenvalue weighted by molar-refractivity contribution is -0.132. The molecule has 9 nitrogen and oxygen atoms in total. The minimum Gasteiger partial charge on any atom is -0.477 e. The van der Waals surface area contributed by atoms with Gasteiger partial charge in [-0.25, -0.2) is 9.78 Å². The van der Waals surface area contributed by atoms with Crippen molar-refractivity contribution in [1.29, 1.82) is 10.7 Å². The summed E-state index contributed by atoms with van der Waals surface area (Å²) in [7, 11) is 1.60. The van der Waals surface area contributed by atoms with Crippen molar-refractivity contribution in [2.75, 3.05) is 12.4 Å². The number of allylic oxidation sites excluding steroid dienone is 2. The number of nitrogens with two attached hydrogens (primary N) is 1. The molecule has 0 saturated carbocycles. The number of carboxylic acids is 1. The number of nitrogens with zero attached hydrogens (tertiary/aromatic N) is 2. The number of anilines is 1. The number of carbonyl (C=O) groups is 2. The molecule has 0 spiro atoms. The van der Waals surface area contributed by atoms with Crippen molar-refractivity contribution < 1.29 is 19.4 Å². The summed E-state index contributed by atoms with van der Waals surface area (Å²) < 4.78 is 5.21. The smallest absolute Gasteiger partial charge is 0.351 e. The average molecular weight is 373 g/mol. The van der Waals surface area contributed by atoms with E-state index in [1.165, 1.54) is 0 Å². The Morgan fingerprint density at radius 3 is 2.88 bits per heavy atom. The van der Waals surface area contributed by atoms with Crippen LogP contribution >= 0.6 is 11.3 Å². The summed E-state index contributed by atoms with van der Waals surface area (Å²) in [5.41, 5.74) is 5.06. The first-order chi connectivity index (χ1) is 12.3. The lowest BCUT2D eigenvalue weighted by atomic mass is 10.0. The van der Waals surface area contributed by atoms with Gasteiger partial charge >= 0.3 is 5.97 Å². The quantitative estimate of drug-likeness (QED) is 0.431. The highest BCUT2D eigenvalue weighted by atomic mass is 32.1. The molecule has 1 heterocycles. The van der Waals surface area contributed by atoms with Crippen LogP contribution in [-0.4, -0.2) is 40.9 Å². The molecule has 0 saturated heterocycles. The summed E-state index contributed by atoms with van der Waals surface area (Å²) >= 11 is 0.956. The van der Waals surface area contributed by atoms with Gasteiger partial charge in [0.2, 0.25) is 0 Å². The summed E-state index contributed by atoms with van der Waals surface area (Å²) in [6.07, 6.45) is 6.86. The Hall–Kier alpha value is -3.29. The molecule has 134 valence electrons. The summed E-state index contributed by atoms with van der Waals surface area (Å²) in [5, 5.41) is 28.0. The zero-order valence-corrected chi connectivity index (χ0v) is 14.5. The third kappa shape index (κ3) is 4.41. The third-order valence-corrected chi connectivity index (χ3v) is 4.25. The van der Waals surface area contributed by atoms with Gasteiger partial charge in [0.05, 0.1) is 6.10 Å². The third-order valence-electron chi connectivity index (χ3n) is 3.38. The molecule has 1 aliphatic carbocycles. The van der Waals surface area contributed by atoms with Gasteiger partial charge < -0.3 is 15.6 Å². The van der Waals surface area contributed by atoms with E-state index in [9.17, 15) is 14.9 Å². The monoisotopic (exact) mass is 373 g/mol. The second-order valence-electron chi connectivity index (χ2n) is 5.11. The first-order valence-corrected chi connectivity index (χ1v) is 8.10. The standard InChI is InChI=1S/C16H15N5O4S/c1-25-9-4-2-8(3-5-9)13-12(7-17)26-16(20-13)21-14(22)10(18)6-11(19)15(23)24/h2-4,6,9,18H,5,19H2,1H3,(H,23,24)(H,20,21,22)/b11-6-,18-10?. The minimum absolute atomic E-state index is 0.0333. The molecular formula is C16H15N5O4S. The second-order valence-corrected chi connectivity index (χ2v) is 6.11. The van der Waals surface area contributed by atoms with E-state index in [1.54, 1.807) is 13.2 Å². The van der Waals surface area contributed by atoms with Gasteiger partial charge in [0, 0.05) is 7.11 Å². The number of thiazole rings is 1. The van der Waals surface area contributed by atoms with Crippen LogP contribution in [0.5, 0.6) is 0 Å². The highest BCUT2D eigenvalue weighted by Crippen LogP contribution is 2.30. The van der Waals surface area contributed by atoms with E-state index >= 15 is 0 Å². The molecule has 1 aromatic rings. The summed E-state index contributed by atoms with van der Waals surface area (Å²) in [6.45, 7) is 0. The van der Waals surface area contributed by atoms with Crippen molar-refractivity contribution in [1.82, 2.24) is 4.98 Å². The molecule has 10 heteroatoms. The number of carboxylic acid groups (broad SMARTS) is 1. The molecule has 26 heavy (non-hydrogen) atoms. The van der Waals surface area contributed by atoms with Crippen LogP contribution in [0.1, 0.15) is 17.0 Å². The van der Waals surface area contributed by atoms with Gasteiger partial charge in [0.25, 0.3) is 5.91 Å². The molecule has 0 radical (unpaired) electrons. The lowest BCUT2D eigenvalue weighted by Gasteiger charge is -2.13. The zero-order chi connectivity index (χ0) is 19.3. The molecule has 1 unspecified atom stereocenters. The molecule has 1 aliphatic rings. The molecule has 0 aromatic carbocycles. The maximum Gasteiger partial charge on any atom is 0.351 e. The normalized spacial score (nSPS) is 16.5.